The van der Waals surface area contributed by atoms with E-state index in [-0.39, 0.29) is 12.2 Å². The molecule has 0 fully saturated rings. The Labute approximate surface area is 145 Å². The minimum Gasteiger partial charge on any atom is -0.294 e. The molecule has 1 aromatic heterocycles. The van der Waals surface area contributed by atoms with Crippen LogP contribution in [0.3, 0.4) is 0 Å². The van der Waals surface area contributed by atoms with Gasteiger partial charge in [-0.05, 0) is 47.2 Å². The molecule has 0 saturated heterocycles. The number of aryl methyl sites for hydroxylation is 2. The summed E-state index contributed by atoms with van der Waals surface area (Å²) in [5, 5.41) is 4.94. The number of benzene rings is 1. The van der Waals surface area contributed by atoms with Gasteiger partial charge in [-0.25, -0.2) is 0 Å². The Balaban J connectivity index is 2.33. The van der Waals surface area contributed by atoms with E-state index in [0.717, 1.165) is 25.9 Å². The number of halogens is 3. The topological polar surface area (TPSA) is 34.9 Å². The smallest absolute Gasteiger partial charge is 0.169 e. The van der Waals surface area contributed by atoms with Crippen LogP contribution in [0.5, 0.6) is 0 Å². The zero-order valence-electron chi connectivity index (χ0n) is 11.1. The van der Waals surface area contributed by atoms with Gasteiger partial charge in [-0.1, -0.05) is 34.5 Å². The molecule has 6 heteroatoms. The summed E-state index contributed by atoms with van der Waals surface area (Å²) in [6.45, 7) is 2.00. The molecule has 1 aromatic carbocycles. The van der Waals surface area contributed by atoms with E-state index < -0.39 is 0 Å². The molecule has 20 heavy (non-hydrogen) atoms. The molecule has 0 amide bonds. The van der Waals surface area contributed by atoms with Crippen LogP contribution in [0, 0.1) is 3.57 Å². The highest BCUT2D eigenvalue weighted by molar-refractivity contribution is 14.1. The van der Waals surface area contributed by atoms with Gasteiger partial charge < -0.3 is 0 Å². The molecule has 0 aliphatic carbocycles. The molecule has 106 valence electrons. The minimum absolute atomic E-state index is 0.0447. The highest BCUT2D eigenvalue weighted by Gasteiger charge is 2.18. The molecule has 0 radical (unpaired) electrons. The summed E-state index contributed by atoms with van der Waals surface area (Å²) in [6, 6.07) is 5.68. The monoisotopic (exact) mass is 466 g/mol. The zero-order chi connectivity index (χ0) is 14.9. The first kappa shape index (κ1) is 16.0. The average Bonchev–Trinajstić information content (AvgIpc) is 2.68. The predicted molar refractivity (Wildman–Crippen MR) is 92.5 cm³/mol. The van der Waals surface area contributed by atoms with Gasteiger partial charge in [0.1, 0.15) is 0 Å². The number of ketones is 1. The average molecular weight is 468 g/mol. The first-order valence-corrected chi connectivity index (χ1v) is 8.37. The van der Waals surface area contributed by atoms with Gasteiger partial charge in [0.25, 0.3) is 0 Å². The molecule has 1 heterocycles. The standard InChI is InChI=1S/C14H13BrClIN2O/c1-3-11-14(16)12(19(2)18-11)7-13(20)9-6-8(15)4-5-10(9)17/h4-6H,3,7H2,1-2H3. The van der Waals surface area contributed by atoms with Crippen molar-refractivity contribution < 1.29 is 4.79 Å². The van der Waals surface area contributed by atoms with Crippen LogP contribution in [0.4, 0.5) is 0 Å². The fourth-order valence-electron chi connectivity index (χ4n) is 1.97. The van der Waals surface area contributed by atoms with Crippen LogP contribution >= 0.6 is 50.1 Å². The summed E-state index contributed by atoms with van der Waals surface area (Å²) < 4.78 is 3.53. The lowest BCUT2D eigenvalue weighted by Crippen LogP contribution is -2.09. The van der Waals surface area contributed by atoms with Crippen molar-refractivity contribution in [2.24, 2.45) is 7.05 Å². The van der Waals surface area contributed by atoms with E-state index in [1.807, 2.05) is 32.2 Å². The lowest BCUT2D eigenvalue weighted by molar-refractivity contribution is 0.0990. The fourth-order valence-corrected chi connectivity index (χ4v) is 3.33. The highest BCUT2D eigenvalue weighted by atomic mass is 127. The van der Waals surface area contributed by atoms with Crippen LogP contribution in [-0.2, 0) is 19.9 Å². The van der Waals surface area contributed by atoms with E-state index in [0.29, 0.717) is 10.6 Å². The van der Waals surface area contributed by atoms with E-state index in [9.17, 15) is 4.79 Å². The number of carbonyl (C=O) groups excluding carboxylic acids is 1. The molecule has 0 saturated carbocycles. The largest absolute Gasteiger partial charge is 0.294 e. The van der Waals surface area contributed by atoms with Gasteiger partial charge in [0, 0.05) is 20.7 Å². The number of hydrogen-bond acceptors (Lipinski definition) is 2. The zero-order valence-corrected chi connectivity index (χ0v) is 15.6. The number of Topliss-reactive ketones (excluding diaryl/α,β-unsaturated/α-hetero) is 1. The lowest BCUT2D eigenvalue weighted by atomic mass is 10.1. The third kappa shape index (κ3) is 3.26. The van der Waals surface area contributed by atoms with E-state index in [1.54, 1.807) is 4.68 Å². The molecule has 0 aliphatic heterocycles. The Kier molecular flexibility index (Phi) is 5.25. The Bertz CT molecular complexity index is 669. The SMILES string of the molecule is CCc1nn(C)c(CC(=O)c2cc(Br)ccc2I)c1Cl. The fraction of sp³-hybridized carbons (Fsp3) is 0.286. The Morgan fingerprint density at radius 3 is 2.80 bits per heavy atom. The van der Waals surface area contributed by atoms with Crippen LogP contribution in [0.15, 0.2) is 22.7 Å². The highest BCUT2D eigenvalue weighted by Crippen LogP contribution is 2.24. The van der Waals surface area contributed by atoms with Crippen molar-refractivity contribution in [3.8, 4) is 0 Å². The number of carbonyl (C=O) groups is 1. The van der Waals surface area contributed by atoms with E-state index in [1.165, 1.54) is 0 Å². The van der Waals surface area contributed by atoms with E-state index in [2.05, 4.69) is 43.6 Å². The normalized spacial score (nSPS) is 10.8. The van der Waals surface area contributed by atoms with Crippen molar-refractivity contribution >= 4 is 55.9 Å². The summed E-state index contributed by atoms with van der Waals surface area (Å²) in [4.78, 5) is 12.5. The molecule has 0 aliphatic rings. The summed E-state index contributed by atoms with van der Waals surface area (Å²) in [5.74, 6) is 0.0447. The Morgan fingerprint density at radius 2 is 2.20 bits per heavy atom. The van der Waals surface area contributed by atoms with Crippen LogP contribution in [0.2, 0.25) is 5.02 Å². The molecular weight excluding hydrogens is 454 g/mol. The number of nitrogens with zero attached hydrogens (tertiary/aromatic N) is 2. The number of rotatable bonds is 4. The van der Waals surface area contributed by atoms with Gasteiger partial charge in [-0.2, -0.15) is 5.10 Å². The van der Waals surface area contributed by atoms with Crippen molar-refractivity contribution in [2.75, 3.05) is 0 Å². The summed E-state index contributed by atoms with van der Waals surface area (Å²) >= 11 is 11.8. The summed E-state index contributed by atoms with van der Waals surface area (Å²) in [5.41, 5.74) is 2.31. The van der Waals surface area contributed by atoms with Gasteiger partial charge in [0.05, 0.1) is 22.8 Å². The maximum absolute atomic E-state index is 12.5. The minimum atomic E-state index is 0.0447. The number of hydrogen-bond donors (Lipinski definition) is 0. The lowest BCUT2D eigenvalue weighted by Gasteiger charge is -2.06. The van der Waals surface area contributed by atoms with Crippen molar-refractivity contribution in [3.63, 3.8) is 0 Å². The van der Waals surface area contributed by atoms with Gasteiger partial charge in [-0.15, -0.1) is 0 Å². The third-order valence-electron chi connectivity index (χ3n) is 3.06. The van der Waals surface area contributed by atoms with Crippen LogP contribution < -0.4 is 0 Å². The van der Waals surface area contributed by atoms with Crippen LogP contribution in [0.25, 0.3) is 0 Å². The molecular formula is C14H13BrClIN2O. The second-order valence-corrected chi connectivity index (χ2v) is 6.86. The predicted octanol–water partition coefficient (Wildman–Crippen LogP) is 4.43. The quantitative estimate of drug-likeness (QED) is 0.493. The second-order valence-electron chi connectivity index (χ2n) is 4.41. The molecule has 0 unspecified atom stereocenters. The van der Waals surface area contributed by atoms with Gasteiger partial charge in [0.15, 0.2) is 5.78 Å². The third-order valence-corrected chi connectivity index (χ3v) is 4.93. The summed E-state index contributed by atoms with van der Waals surface area (Å²) in [6.07, 6.45) is 1.02. The first-order valence-electron chi connectivity index (χ1n) is 6.12. The van der Waals surface area contributed by atoms with Crippen molar-refractivity contribution in [1.82, 2.24) is 9.78 Å². The number of aromatic nitrogens is 2. The van der Waals surface area contributed by atoms with Gasteiger partial charge >= 0.3 is 0 Å². The molecule has 3 nitrogen and oxygen atoms in total. The maximum atomic E-state index is 12.5. The molecule has 2 aromatic rings. The Morgan fingerprint density at radius 1 is 1.50 bits per heavy atom. The van der Waals surface area contributed by atoms with Gasteiger partial charge in [0.2, 0.25) is 0 Å². The second kappa shape index (κ2) is 6.58. The van der Waals surface area contributed by atoms with E-state index in [4.69, 9.17) is 11.6 Å². The molecule has 0 N–H and O–H groups in total. The van der Waals surface area contributed by atoms with Crippen LogP contribution in [-0.4, -0.2) is 15.6 Å². The van der Waals surface area contributed by atoms with Crippen molar-refractivity contribution in [1.29, 1.82) is 0 Å². The first-order chi connectivity index (χ1) is 9.43. The van der Waals surface area contributed by atoms with Crippen molar-refractivity contribution in [2.45, 2.75) is 19.8 Å². The summed E-state index contributed by atoms with van der Waals surface area (Å²) in [7, 11) is 1.82. The molecule has 0 atom stereocenters. The van der Waals surface area contributed by atoms with E-state index >= 15 is 0 Å². The van der Waals surface area contributed by atoms with Crippen molar-refractivity contribution in [3.05, 3.63) is 48.2 Å². The van der Waals surface area contributed by atoms with Gasteiger partial charge in [-0.3, -0.25) is 9.48 Å². The Hall–Kier alpha value is -0.400. The maximum Gasteiger partial charge on any atom is 0.169 e. The molecule has 0 bridgehead atoms. The van der Waals surface area contributed by atoms with Crippen LogP contribution in [0.1, 0.15) is 28.7 Å². The molecule has 2 rings (SSSR count). The molecule has 0 spiro atoms.